The normalized spacial score (nSPS) is 13.3. The van der Waals surface area contributed by atoms with Gasteiger partial charge in [0.2, 0.25) is 0 Å². The van der Waals surface area contributed by atoms with Gasteiger partial charge in [-0.1, -0.05) is 17.7 Å². The summed E-state index contributed by atoms with van der Waals surface area (Å²) < 4.78 is 105. The summed E-state index contributed by atoms with van der Waals surface area (Å²) in [5, 5.41) is 0. The highest BCUT2D eigenvalue weighted by atomic mass is 19.4. The summed E-state index contributed by atoms with van der Waals surface area (Å²) in [6, 6.07) is 5.15. The molecular formula is C13H10F8O2. The van der Waals surface area contributed by atoms with Crippen LogP contribution < -0.4 is 0 Å². The number of ether oxygens (including phenoxy) is 1. The van der Waals surface area contributed by atoms with E-state index in [1.54, 1.807) is 0 Å². The number of esters is 1. The molecule has 0 atom stereocenters. The highest BCUT2D eigenvalue weighted by Crippen LogP contribution is 2.48. The summed E-state index contributed by atoms with van der Waals surface area (Å²) in [4.78, 5) is 11.4. The standard InChI is InChI=1S/C13H10F8O2/c1-7-3-2-4-8(5-7)9(22)23-6-11(16,17)13(20,21)12(18,19)10(14)15/h2-5,10H,6H2,1H3. The molecular weight excluding hydrogens is 340 g/mol. The zero-order chi connectivity index (χ0) is 18.1. The van der Waals surface area contributed by atoms with Gasteiger partial charge in [-0.2, -0.15) is 26.3 Å². The van der Waals surface area contributed by atoms with Crippen LogP contribution in [0.5, 0.6) is 0 Å². The van der Waals surface area contributed by atoms with Crippen LogP contribution in [0, 0.1) is 6.92 Å². The molecule has 0 N–H and O–H groups in total. The molecule has 0 unspecified atom stereocenters. The molecule has 0 spiro atoms. The molecule has 0 saturated carbocycles. The number of aryl methyl sites for hydroxylation is 1. The van der Waals surface area contributed by atoms with Crippen molar-refractivity contribution >= 4 is 5.97 Å². The lowest BCUT2D eigenvalue weighted by atomic mass is 10.1. The minimum atomic E-state index is -6.40. The zero-order valence-electron chi connectivity index (χ0n) is 11.4. The van der Waals surface area contributed by atoms with Gasteiger partial charge in [0.25, 0.3) is 0 Å². The Morgan fingerprint density at radius 1 is 1.13 bits per heavy atom. The van der Waals surface area contributed by atoms with Crippen LogP contribution in [0.2, 0.25) is 0 Å². The summed E-state index contributed by atoms with van der Waals surface area (Å²) in [6.45, 7) is -0.947. The second-order valence-corrected chi connectivity index (χ2v) is 4.65. The number of hydrogen-bond acceptors (Lipinski definition) is 2. The van der Waals surface area contributed by atoms with E-state index in [0.717, 1.165) is 6.07 Å². The van der Waals surface area contributed by atoms with Crippen LogP contribution in [-0.2, 0) is 4.74 Å². The molecule has 0 heterocycles. The molecule has 0 aliphatic rings. The van der Waals surface area contributed by atoms with E-state index in [9.17, 15) is 39.9 Å². The van der Waals surface area contributed by atoms with E-state index in [1.807, 2.05) is 0 Å². The van der Waals surface area contributed by atoms with Crippen molar-refractivity contribution in [2.45, 2.75) is 31.1 Å². The van der Waals surface area contributed by atoms with Crippen LogP contribution >= 0.6 is 0 Å². The zero-order valence-corrected chi connectivity index (χ0v) is 11.4. The van der Waals surface area contributed by atoms with Crippen LogP contribution in [0.15, 0.2) is 24.3 Å². The van der Waals surface area contributed by atoms with Gasteiger partial charge in [-0.25, -0.2) is 13.6 Å². The molecule has 0 aromatic heterocycles. The van der Waals surface area contributed by atoms with E-state index in [2.05, 4.69) is 4.74 Å². The smallest absolute Gasteiger partial charge is 0.381 e. The number of carbonyl (C=O) groups excluding carboxylic acids is 1. The summed E-state index contributed by atoms with van der Waals surface area (Å²) in [6.07, 6.45) is -5.02. The Hall–Kier alpha value is -1.87. The Balaban J connectivity index is 2.88. The topological polar surface area (TPSA) is 26.3 Å². The Labute approximate surface area is 125 Å². The Morgan fingerprint density at radius 2 is 1.70 bits per heavy atom. The third-order valence-electron chi connectivity index (χ3n) is 2.79. The lowest BCUT2D eigenvalue weighted by Crippen LogP contribution is -2.59. The van der Waals surface area contributed by atoms with Crippen molar-refractivity contribution < 1.29 is 44.7 Å². The first kappa shape index (κ1) is 19.2. The Morgan fingerprint density at radius 3 is 2.17 bits per heavy atom. The average molecular weight is 350 g/mol. The van der Waals surface area contributed by atoms with Gasteiger partial charge in [-0.05, 0) is 19.1 Å². The fourth-order valence-corrected chi connectivity index (χ4v) is 1.48. The second kappa shape index (κ2) is 6.32. The Kier molecular flexibility index (Phi) is 5.27. The molecule has 0 radical (unpaired) electrons. The van der Waals surface area contributed by atoms with Crippen molar-refractivity contribution in [1.29, 1.82) is 0 Å². The van der Waals surface area contributed by atoms with Crippen molar-refractivity contribution in [1.82, 2.24) is 0 Å². The van der Waals surface area contributed by atoms with E-state index < -0.39 is 36.8 Å². The molecule has 0 amide bonds. The maximum absolute atomic E-state index is 13.2. The quantitative estimate of drug-likeness (QED) is 0.564. The number of halogens is 8. The molecule has 2 nitrogen and oxygen atoms in total. The predicted octanol–water partition coefficient (Wildman–Crippen LogP) is 4.32. The molecule has 0 fully saturated rings. The minimum absolute atomic E-state index is 0.287. The molecule has 0 aliphatic carbocycles. The average Bonchev–Trinajstić information content (AvgIpc) is 2.44. The summed E-state index contributed by atoms with van der Waals surface area (Å²) in [5.74, 6) is -19.9. The number of rotatable bonds is 6. The van der Waals surface area contributed by atoms with E-state index in [-0.39, 0.29) is 5.56 Å². The van der Waals surface area contributed by atoms with Gasteiger partial charge < -0.3 is 4.74 Å². The summed E-state index contributed by atoms with van der Waals surface area (Å²) in [5.41, 5.74) is 0.227. The monoisotopic (exact) mass is 350 g/mol. The van der Waals surface area contributed by atoms with Crippen molar-refractivity contribution in [2.24, 2.45) is 0 Å². The summed E-state index contributed by atoms with van der Waals surface area (Å²) >= 11 is 0. The second-order valence-electron chi connectivity index (χ2n) is 4.65. The first-order chi connectivity index (χ1) is 10.3. The summed E-state index contributed by atoms with van der Waals surface area (Å²) in [7, 11) is 0. The van der Waals surface area contributed by atoms with Gasteiger partial charge in [0.15, 0.2) is 6.61 Å². The molecule has 1 aromatic carbocycles. The number of hydrogen-bond donors (Lipinski definition) is 0. The fraction of sp³-hybridized carbons (Fsp3) is 0.462. The number of benzene rings is 1. The number of alkyl halides is 8. The van der Waals surface area contributed by atoms with Crippen molar-refractivity contribution in [3.05, 3.63) is 35.4 Å². The first-order valence-corrected chi connectivity index (χ1v) is 5.98. The largest absolute Gasteiger partial charge is 0.455 e. The van der Waals surface area contributed by atoms with Gasteiger partial charge in [-0.15, -0.1) is 0 Å². The highest BCUT2D eigenvalue weighted by molar-refractivity contribution is 5.89. The minimum Gasteiger partial charge on any atom is -0.455 e. The van der Waals surface area contributed by atoms with Crippen LogP contribution in [0.4, 0.5) is 35.1 Å². The third-order valence-corrected chi connectivity index (χ3v) is 2.79. The molecule has 10 heteroatoms. The van der Waals surface area contributed by atoms with Crippen LogP contribution in [0.3, 0.4) is 0 Å². The molecule has 23 heavy (non-hydrogen) atoms. The predicted molar refractivity (Wildman–Crippen MR) is 62.3 cm³/mol. The first-order valence-electron chi connectivity index (χ1n) is 5.98. The fourth-order valence-electron chi connectivity index (χ4n) is 1.48. The molecule has 0 aliphatic heterocycles. The third kappa shape index (κ3) is 3.73. The van der Waals surface area contributed by atoms with E-state index in [1.165, 1.54) is 25.1 Å². The Bertz CT molecular complexity index is 571. The van der Waals surface area contributed by atoms with Crippen molar-refractivity contribution in [3.63, 3.8) is 0 Å². The SMILES string of the molecule is Cc1cccc(C(=O)OCC(F)(F)C(F)(F)C(F)(F)C(F)F)c1. The van der Waals surface area contributed by atoms with E-state index in [0.29, 0.717) is 5.56 Å². The van der Waals surface area contributed by atoms with E-state index >= 15 is 0 Å². The van der Waals surface area contributed by atoms with Crippen molar-refractivity contribution in [2.75, 3.05) is 6.61 Å². The van der Waals surface area contributed by atoms with E-state index in [4.69, 9.17) is 0 Å². The molecule has 1 aromatic rings. The number of carbonyl (C=O) groups is 1. The van der Waals surface area contributed by atoms with Gasteiger partial charge in [-0.3, -0.25) is 0 Å². The van der Waals surface area contributed by atoms with Gasteiger partial charge in [0.05, 0.1) is 5.56 Å². The van der Waals surface area contributed by atoms with Gasteiger partial charge in [0, 0.05) is 0 Å². The molecule has 130 valence electrons. The van der Waals surface area contributed by atoms with Crippen LogP contribution in [0.25, 0.3) is 0 Å². The maximum Gasteiger partial charge on any atom is 0.381 e. The lowest BCUT2D eigenvalue weighted by molar-refractivity contribution is -0.343. The van der Waals surface area contributed by atoms with Crippen molar-refractivity contribution in [3.8, 4) is 0 Å². The van der Waals surface area contributed by atoms with Crippen LogP contribution in [0.1, 0.15) is 15.9 Å². The highest BCUT2D eigenvalue weighted by Gasteiger charge is 2.75. The molecule has 0 bridgehead atoms. The molecule has 1 rings (SSSR count). The lowest BCUT2D eigenvalue weighted by Gasteiger charge is -2.31. The van der Waals surface area contributed by atoms with Crippen LogP contribution in [-0.4, -0.2) is 36.8 Å². The van der Waals surface area contributed by atoms with Gasteiger partial charge in [0.1, 0.15) is 0 Å². The molecule has 0 saturated heterocycles. The van der Waals surface area contributed by atoms with Gasteiger partial charge >= 0.3 is 30.2 Å². The maximum atomic E-state index is 13.2.